The molecule has 1 aromatic carbocycles. The number of hydrogen-bond donors (Lipinski definition) is 3. The Morgan fingerprint density at radius 2 is 1.81 bits per heavy atom. The lowest BCUT2D eigenvalue weighted by Crippen LogP contribution is -2.11. The summed E-state index contributed by atoms with van der Waals surface area (Å²) in [5, 5.41) is 10.7. The minimum atomic E-state index is -3.43. The van der Waals surface area contributed by atoms with Crippen LogP contribution in [0.25, 0.3) is 0 Å². The Balaban J connectivity index is 1.89. The van der Waals surface area contributed by atoms with Crippen LogP contribution >= 0.6 is 11.6 Å². The zero-order valence-electron chi connectivity index (χ0n) is 14.9. The molecule has 3 rings (SSSR count). The van der Waals surface area contributed by atoms with Gasteiger partial charge in [0.25, 0.3) is 0 Å². The topological polar surface area (TPSA) is 114 Å². The molecule has 0 radical (unpaired) electrons. The van der Waals surface area contributed by atoms with Crippen LogP contribution in [-0.4, -0.2) is 34.4 Å². The molecule has 0 saturated heterocycles. The normalized spacial score (nSPS) is 11.3. The Morgan fingerprint density at radius 3 is 2.44 bits per heavy atom. The van der Waals surface area contributed by atoms with E-state index in [2.05, 4.69) is 30.4 Å². The summed E-state index contributed by atoms with van der Waals surface area (Å²) in [7, 11) is -1.61. The van der Waals surface area contributed by atoms with Gasteiger partial charge in [-0.2, -0.15) is 10.1 Å². The molecule has 0 unspecified atom stereocenters. The van der Waals surface area contributed by atoms with E-state index >= 15 is 0 Å². The highest BCUT2D eigenvalue weighted by atomic mass is 35.5. The monoisotopic (exact) mass is 407 g/mol. The van der Waals surface area contributed by atoms with Crippen LogP contribution in [0.5, 0.6) is 0 Å². The zero-order chi connectivity index (χ0) is 19.6. The van der Waals surface area contributed by atoms with Crippen molar-refractivity contribution in [3.8, 4) is 0 Å². The lowest BCUT2D eigenvalue weighted by atomic mass is 10.2. The predicted octanol–water partition coefficient (Wildman–Crippen LogP) is 3.03. The Labute approximate surface area is 161 Å². The number of aryl methyl sites for hydroxylation is 2. The maximum absolute atomic E-state index is 11.6. The summed E-state index contributed by atoms with van der Waals surface area (Å²) in [5.41, 5.74) is 2.46. The number of anilines is 5. The molecular weight excluding hydrogens is 390 g/mol. The van der Waals surface area contributed by atoms with Crippen LogP contribution in [-0.2, 0) is 17.1 Å². The predicted molar refractivity (Wildman–Crippen MR) is 106 cm³/mol. The van der Waals surface area contributed by atoms with Gasteiger partial charge >= 0.3 is 0 Å². The average Bonchev–Trinajstić information content (AvgIpc) is 2.88. The second kappa shape index (κ2) is 7.41. The SMILES string of the molecule is Cc1nn(C)cc1Nc1ncc(Cl)c(Nc2ccccc2NS(C)(=O)=O)n1. The molecule has 3 aromatic rings. The molecule has 11 heteroatoms. The molecule has 0 aliphatic carbocycles. The molecule has 27 heavy (non-hydrogen) atoms. The van der Waals surface area contributed by atoms with Crippen molar-refractivity contribution in [2.24, 2.45) is 7.05 Å². The summed E-state index contributed by atoms with van der Waals surface area (Å²) in [4.78, 5) is 8.54. The largest absolute Gasteiger partial charge is 0.337 e. The van der Waals surface area contributed by atoms with Crippen LogP contribution in [0.2, 0.25) is 5.02 Å². The van der Waals surface area contributed by atoms with Gasteiger partial charge in [-0.1, -0.05) is 23.7 Å². The molecular formula is C16H18ClN7O2S. The van der Waals surface area contributed by atoms with Crippen molar-refractivity contribution in [1.29, 1.82) is 0 Å². The van der Waals surface area contributed by atoms with E-state index in [1.54, 1.807) is 28.9 Å². The van der Waals surface area contributed by atoms with Gasteiger partial charge in [-0.25, -0.2) is 13.4 Å². The highest BCUT2D eigenvalue weighted by Crippen LogP contribution is 2.29. The fourth-order valence-corrected chi connectivity index (χ4v) is 3.08. The number of halogens is 1. The van der Waals surface area contributed by atoms with Gasteiger partial charge in [0, 0.05) is 13.2 Å². The summed E-state index contributed by atoms with van der Waals surface area (Å²) in [6, 6.07) is 6.84. The Bertz CT molecular complexity index is 1080. The number of para-hydroxylation sites is 2. The number of aromatic nitrogens is 4. The molecule has 9 nitrogen and oxygen atoms in total. The van der Waals surface area contributed by atoms with E-state index in [4.69, 9.17) is 11.6 Å². The van der Waals surface area contributed by atoms with Crippen molar-refractivity contribution >= 4 is 50.5 Å². The van der Waals surface area contributed by atoms with Gasteiger partial charge in [0.05, 0.1) is 35.2 Å². The number of nitrogens with zero attached hydrogens (tertiary/aromatic N) is 4. The second-order valence-electron chi connectivity index (χ2n) is 5.86. The van der Waals surface area contributed by atoms with Crippen molar-refractivity contribution in [2.75, 3.05) is 21.6 Å². The first-order valence-electron chi connectivity index (χ1n) is 7.85. The molecule has 3 N–H and O–H groups in total. The number of benzene rings is 1. The van der Waals surface area contributed by atoms with Crippen molar-refractivity contribution in [2.45, 2.75) is 6.92 Å². The maximum atomic E-state index is 11.6. The standard InChI is InChI=1S/C16H18ClN7O2S/c1-10-14(9-24(2)22-10)20-16-18-8-11(17)15(21-16)19-12-6-4-5-7-13(12)23-27(3,25)26/h4-9,23H,1-3H3,(H2,18,19,20,21). The molecule has 0 saturated carbocycles. The molecule has 0 atom stereocenters. The molecule has 0 fully saturated rings. The molecule has 0 bridgehead atoms. The highest BCUT2D eigenvalue weighted by molar-refractivity contribution is 7.92. The van der Waals surface area contributed by atoms with Crippen molar-refractivity contribution < 1.29 is 8.42 Å². The van der Waals surface area contributed by atoms with E-state index in [9.17, 15) is 8.42 Å². The fraction of sp³-hybridized carbons (Fsp3) is 0.188. The van der Waals surface area contributed by atoms with Crippen LogP contribution in [0.3, 0.4) is 0 Å². The van der Waals surface area contributed by atoms with E-state index in [0.717, 1.165) is 17.6 Å². The third-order valence-electron chi connectivity index (χ3n) is 3.48. The summed E-state index contributed by atoms with van der Waals surface area (Å²) < 4.78 is 27.2. The van der Waals surface area contributed by atoms with E-state index in [1.165, 1.54) is 6.20 Å². The summed E-state index contributed by atoms with van der Waals surface area (Å²) in [6.45, 7) is 1.87. The molecule has 0 amide bonds. The average molecular weight is 408 g/mol. The number of sulfonamides is 1. The van der Waals surface area contributed by atoms with Crippen LogP contribution in [0.15, 0.2) is 36.7 Å². The van der Waals surface area contributed by atoms with Gasteiger partial charge in [0.2, 0.25) is 16.0 Å². The van der Waals surface area contributed by atoms with E-state index in [0.29, 0.717) is 23.1 Å². The van der Waals surface area contributed by atoms with E-state index in [1.807, 2.05) is 20.2 Å². The van der Waals surface area contributed by atoms with Gasteiger partial charge in [-0.05, 0) is 19.1 Å². The molecule has 142 valence electrons. The van der Waals surface area contributed by atoms with Crippen LogP contribution in [0, 0.1) is 6.92 Å². The quantitative estimate of drug-likeness (QED) is 0.575. The summed E-state index contributed by atoms with van der Waals surface area (Å²) in [5.74, 6) is 0.657. The van der Waals surface area contributed by atoms with Crippen molar-refractivity contribution in [1.82, 2.24) is 19.7 Å². The summed E-state index contributed by atoms with van der Waals surface area (Å²) >= 11 is 6.20. The Kier molecular flexibility index (Phi) is 5.19. The number of hydrogen-bond acceptors (Lipinski definition) is 7. The maximum Gasteiger partial charge on any atom is 0.229 e. The van der Waals surface area contributed by atoms with Gasteiger partial charge in [0.1, 0.15) is 5.02 Å². The zero-order valence-corrected chi connectivity index (χ0v) is 16.4. The minimum absolute atomic E-state index is 0.289. The third-order valence-corrected chi connectivity index (χ3v) is 4.35. The van der Waals surface area contributed by atoms with Gasteiger partial charge in [0.15, 0.2) is 5.82 Å². The fourth-order valence-electron chi connectivity index (χ4n) is 2.37. The van der Waals surface area contributed by atoms with Crippen molar-refractivity contribution in [3.05, 3.63) is 47.4 Å². The molecule has 0 aliphatic heterocycles. The van der Waals surface area contributed by atoms with Gasteiger partial charge < -0.3 is 10.6 Å². The van der Waals surface area contributed by atoms with E-state index in [-0.39, 0.29) is 5.02 Å². The lowest BCUT2D eigenvalue weighted by Gasteiger charge is -2.13. The minimum Gasteiger partial charge on any atom is -0.337 e. The van der Waals surface area contributed by atoms with Crippen LogP contribution in [0.4, 0.5) is 28.8 Å². The van der Waals surface area contributed by atoms with E-state index < -0.39 is 10.0 Å². The second-order valence-corrected chi connectivity index (χ2v) is 8.02. The van der Waals surface area contributed by atoms with Gasteiger partial charge in [-0.3, -0.25) is 9.40 Å². The molecule has 0 spiro atoms. The van der Waals surface area contributed by atoms with Gasteiger partial charge in [-0.15, -0.1) is 0 Å². The Morgan fingerprint density at radius 1 is 1.11 bits per heavy atom. The lowest BCUT2D eigenvalue weighted by molar-refractivity contribution is 0.607. The Hall–Kier alpha value is -2.85. The third kappa shape index (κ3) is 4.86. The molecule has 2 aromatic heterocycles. The first kappa shape index (κ1) is 18.9. The van der Waals surface area contributed by atoms with Crippen LogP contribution in [0.1, 0.15) is 5.69 Å². The highest BCUT2D eigenvalue weighted by Gasteiger charge is 2.12. The number of rotatable bonds is 6. The van der Waals surface area contributed by atoms with Crippen LogP contribution < -0.4 is 15.4 Å². The first-order chi connectivity index (χ1) is 12.7. The smallest absolute Gasteiger partial charge is 0.229 e. The summed E-state index contributed by atoms with van der Waals surface area (Å²) in [6.07, 6.45) is 4.35. The van der Waals surface area contributed by atoms with Crippen molar-refractivity contribution in [3.63, 3.8) is 0 Å². The number of nitrogens with one attached hydrogen (secondary N) is 3. The molecule has 0 aliphatic rings. The first-order valence-corrected chi connectivity index (χ1v) is 10.1. The molecule has 2 heterocycles.